The molecular weight excluding hydrogens is 362 g/mol. The maximum absolute atomic E-state index is 12.7. The Labute approximate surface area is 143 Å². The second-order valence-corrected chi connectivity index (χ2v) is 7.16. The van der Waals surface area contributed by atoms with E-state index >= 15 is 0 Å². The van der Waals surface area contributed by atoms with Crippen LogP contribution in [0.4, 0.5) is 0 Å². The molecule has 1 aromatic carbocycles. The van der Waals surface area contributed by atoms with Crippen molar-refractivity contribution in [1.82, 2.24) is 5.32 Å². The van der Waals surface area contributed by atoms with Crippen molar-refractivity contribution in [2.45, 2.75) is 44.1 Å². The van der Waals surface area contributed by atoms with Gasteiger partial charge in [0.25, 0.3) is 0 Å². The first-order valence-corrected chi connectivity index (χ1v) is 8.81. The Morgan fingerprint density at radius 1 is 1.22 bits per heavy atom. The molecule has 1 heterocycles. The molecule has 0 bridgehead atoms. The molecule has 2 N–H and O–H groups in total. The van der Waals surface area contributed by atoms with Crippen LogP contribution in [-0.4, -0.2) is 29.6 Å². The third kappa shape index (κ3) is 3.52. The van der Waals surface area contributed by atoms with Gasteiger partial charge in [-0.2, -0.15) is 0 Å². The number of nitrogens with one attached hydrogen (secondary N) is 1. The molecule has 1 aliphatic carbocycles. The lowest BCUT2D eigenvalue weighted by molar-refractivity contribution is -0.143. The second kappa shape index (κ2) is 6.91. The van der Waals surface area contributed by atoms with E-state index in [2.05, 4.69) is 21.2 Å². The summed E-state index contributed by atoms with van der Waals surface area (Å²) in [4.78, 5) is 24.1. The Bertz CT molecular complexity index is 619. The van der Waals surface area contributed by atoms with Gasteiger partial charge in [0.2, 0.25) is 5.91 Å². The zero-order valence-electron chi connectivity index (χ0n) is 12.8. The van der Waals surface area contributed by atoms with E-state index in [1.165, 1.54) is 0 Å². The minimum atomic E-state index is -0.817. The summed E-state index contributed by atoms with van der Waals surface area (Å²) in [5, 5.41) is 12.4. The third-order valence-electron chi connectivity index (χ3n) is 4.73. The van der Waals surface area contributed by atoms with Crippen LogP contribution >= 0.6 is 15.9 Å². The first-order valence-electron chi connectivity index (χ1n) is 8.01. The zero-order chi connectivity index (χ0) is 16.4. The predicted molar refractivity (Wildman–Crippen MR) is 88.5 cm³/mol. The normalized spacial score (nSPS) is 26.7. The van der Waals surface area contributed by atoms with Crippen LogP contribution in [0.1, 0.15) is 43.6 Å². The Morgan fingerprint density at radius 3 is 2.78 bits per heavy atom. The van der Waals surface area contributed by atoms with Gasteiger partial charge < -0.3 is 15.2 Å². The van der Waals surface area contributed by atoms with Gasteiger partial charge in [0.05, 0.1) is 5.92 Å². The second-order valence-electron chi connectivity index (χ2n) is 6.24. The number of hydrogen-bond acceptors (Lipinski definition) is 3. The van der Waals surface area contributed by atoms with Gasteiger partial charge >= 0.3 is 5.97 Å². The van der Waals surface area contributed by atoms with Gasteiger partial charge in [-0.15, -0.1) is 0 Å². The molecule has 6 heteroatoms. The standard InChI is InChI=1S/C17H20BrNO4/c18-10-6-7-15-12(8-10)13(9-23-15)16(20)19-14-5-3-1-2-4-11(14)17(21)22/h6-8,11,13-14H,1-5,9H2,(H,19,20)(H,21,22)/t11-,13?,14+/m1/s1. The average molecular weight is 382 g/mol. The fraction of sp³-hybridized carbons (Fsp3) is 0.529. The van der Waals surface area contributed by atoms with Gasteiger partial charge in [0, 0.05) is 16.1 Å². The molecule has 1 fully saturated rings. The summed E-state index contributed by atoms with van der Waals surface area (Å²) in [6.07, 6.45) is 4.24. The maximum atomic E-state index is 12.7. The van der Waals surface area contributed by atoms with E-state index in [1.54, 1.807) is 0 Å². The summed E-state index contributed by atoms with van der Waals surface area (Å²) in [5.74, 6) is -1.10. The molecule has 5 nitrogen and oxygen atoms in total. The van der Waals surface area contributed by atoms with Crippen molar-refractivity contribution in [3.8, 4) is 5.75 Å². The van der Waals surface area contributed by atoms with E-state index in [0.717, 1.165) is 41.5 Å². The van der Waals surface area contributed by atoms with Crippen LogP contribution in [0.5, 0.6) is 5.75 Å². The van der Waals surface area contributed by atoms with Crippen molar-refractivity contribution in [2.24, 2.45) is 5.92 Å². The van der Waals surface area contributed by atoms with Crippen LogP contribution in [0.3, 0.4) is 0 Å². The molecule has 23 heavy (non-hydrogen) atoms. The van der Waals surface area contributed by atoms with E-state index < -0.39 is 11.9 Å². The number of benzene rings is 1. The number of carboxylic acid groups (broad SMARTS) is 1. The van der Waals surface area contributed by atoms with Crippen LogP contribution in [0.15, 0.2) is 22.7 Å². The van der Waals surface area contributed by atoms with Gasteiger partial charge in [-0.05, 0) is 31.0 Å². The number of fused-ring (bicyclic) bond motifs is 1. The van der Waals surface area contributed by atoms with Gasteiger partial charge in [-0.25, -0.2) is 0 Å². The number of carbonyl (C=O) groups excluding carboxylic acids is 1. The first kappa shape index (κ1) is 16.3. The number of aliphatic carboxylic acids is 1. The van der Waals surface area contributed by atoms with Crippen molar-refractivity contribution < 1.29 is 19.4 Å². The van der Waals surface area contributed by atoms with E-state index in [-0.39, 0.29) is 17.9 Å². The fourth-order valence-corrected chi connectivity index (χ4v) is 3.84. The number of halogens is 1. The highest BCUT2D eigenvalue weighted by atomic mass is 79.9. The largest absolute Gasteiger partial charge is 0.492 e. The molecule has 1 aromatic rings. The number of rotatable bonds is 3. The number of ether oxygens (including phenoxy) is 1. The van der Waals surface area contributed by atoms with Crippen LogP contribution in [0.2, 0.25) is 0 Å². The van der Waals surface area contributed by atoms with Crippen molar-refractivity contribution >= 4 is 27.8 Å². The number of carboxylic acids is 1. The topological polar surface area (TPSA) is 75.6 Å². The zero-order valence-corrected chi connectivity index (χ0v) is 14.3. The van der Waals surface area contributed by atoms with Crippen LogP contribution in [0, 0.1) is 5.92 Å². The molecule has 124 valence electrons. The lowest BCUT2D eigenvalue weighted by atomic mass is 9.93. The summed E-state index contributed by atoms with van der Waals surface area (Å²) in [7, 11) is 0. The van der Waals surface area contributed by atoms with Crippen molar-refractivity contribution in [3.63, 3.8) is 0 Å². The molecule has 0 spiro atoms. The molecule has 0 saturated heterocycles. The summed E-state index contributed by atoms with van der Waals surface area (Å²) in [5.41, 5.74) is 0.859. The van der Waals surface area contributed by atoms with E-state index in [0.29, 0.717) is 13.0 Å². The summed E-state index contributed by atoms with van der Waals surface area (Å²) < 4.78 is 6.48. The number of hydrogen-bond donors (Lipinski definition) is 2. The molecule has 1 aliphatic heterocycles. The average Bonchev–Trinajstić information content (AvgIpc) is 2.78. The van der Waals surface area contributed by atoms with Crippen LogP contribution in [-0.2, 0) is 9.59 Å². The quantitative estimate of drug-likeness (QED) is 0.788. The Kier molecular flexibility index (Phi) is 4.90. The molecule has 3 atom stereocenters. The first-order chi connectivity index (χ1) is 11.1. The van der Waals surface area contributed by atoms with Crippen LogP contribution in [0.25, 0.3) is 0 Å². The summed E-state index contributed by atoms with van der Waals surface area (Å²) in [6, 6.07) is 5.33. The monoisotopic (exact) mass is 381 g/mol. The molecule has 0 aromatic heterocycles. The number of amides is 1. The Morgan fingerprint density at radius 2 is 2.00 bits per heavy atom. The lowest BCUT2D eigenvalue weighted by Gasteiger charge is -2.24. The molecule has 2 aliphatic rings. The van der Waals surface area contributed by atoms with Crippen molar-refractivity contribution in [3.05, 3.63) is 28.2 Å². The highest BCUT2D eigenvalue weighted by molar-refractivity contribution is 9.10. The third-order valence-corrected chi connectivity index (χ3v) is 5.22. The molecule has 1 unspecified atom stereocenters. The van der Waals surface area contributed by atoms with Crippen LogP contribution < -0.4 is 10.1 Å². The van der Waals surface area contributed by atoms with E-state index in [1.807, 2.05) is 18.2 Å². The van der Waals surface area contributed by atoms with Gasteiger partial charge in [-0.3, -0.25) is 9.59 Å². The van der Waals surface area contributed by atoms with Crippen molar-refractivity contribution in [1.29, 1.82) is 0 Å². The molecule has 1 saturated carbocycles. The summed E-state index contributed by atoms with van der Waals surface area (Å²) >= 11 is 3.41. The highest BCUT2D eigenvalue weighted by Crippen LogP contribution is 2.36. The highest BCUT2D eigenvalue weighted by Gasteiger charge is 2.35. The smallest absolute Gasteiger partial charge is 0.308 e. The number of carbonyl (C=O) groups is 2. The Balaban J connectivity index is 1.74. The van der Waals surface area contributed by atoms with Gasteiger partial charge in [-0.1, -0.05) is 35.2 Å². The van der Waals surface area contributed by atoms with Gasteiger partial charge in [0.15, 0.2) is 0 Å². The van der Waals surface area contributed by atoms with E-state index in [9.17, 15) is 14.7 Å². The molecular formula is C17H20BrNO4. The maximum Gasteiger partial charge on any atom is 0.308 e. The molecule has 1 amide bonds. The lowest BCUT2D eigenvalue weighted by Crippen LogP contribution is -2.45. The molecule has 3 rings (SSSR count). The minimum Gasteiger partial charge on any atom is -0.492 e. The minimum absolute atomic E-state index is 0.139. The predicted octanol–water partition coefficient (Wildman–Crippen LogP) is 3.07. The van der Waals surface area contributed by atoms with Crippen molar-refractivity contribution in [2.75, 3.05) is 6.61 Å². The SMILES string of the molecule is O=C(N[C@H]1CCCCC[C@H]1C(=O)O)C1COc2ccc(Br)cc21. The van der Waals surface area contributed by atoms with Gasteiger partial charge in [0.1, 0.15) is 18.3 Å². The van der Waals surface area contributed by atoms with E-state index in [4.69, 9.17) is 4.74 Å². The Hall–Kier alpha value is -1.56. The summed E-state index contributed by atoms with van der Waals surface area (Å²) in [6.45, 7) is 0.308. The molecule has 0 radical (unpaired) electrons. The fourth-order valence-electron chi connectivity index (χ4n) is 3.46.